The number of nitro benzene ring substituents is 1. The van der Waals surface area contributed by atoms with Gasteiger partial charge in [-0.05, 0) is 71.8 Å². The summed E-state index contributed by atoms with van der Waals surface area (Å²) in [5.41, 5.74) is 1.98. The molecule has 0 bridgehead atoms. The Morgan fingerprint density at radius 2 is 1.43 bits per heavy atom. The van der Waals surface area contributed by atoms with Crippen molar-refractivity contribution in [3.05, 3.63) is 134 Å². The van der Waals surface area contributed by atoms with Crippen molar-refractivity contribution in [1.82, 2.24) is 5.32 Å². The van der Waals surface area contributed by atoms with E-state index in [4.69, 9.17) is 21.1 Å². The summed E-state index contributed by atoms with van der Waals surface area (Å²) < 4.78 is 11.7. The number of nitrogens with zero attached hydrogens (tertiary/aromatic N) is 2. The van der Waals surface area contributed by atoms with E-state index in [0.29, 0.717) is 34.3 Å². The second-order valence-electron chi connectivity index (χ2n) is 9.12. The van der Waals surface area contributed by atoms with Gasteiger partial charge in [-0.15, -0.1) is 0 Å². The van der Waals surface area contributed by atoms with Crippen molar-refractivity contribution in [2.75, 3.05) is 4.90 Å². The summed E-state index contributed by atoms with van der Waals surface area (Å²) >= 11 is 5.91. The van der Waals surface area contributed by atoms with Crippen LogP contribution in [-0.2, 0) is 22.8 Å². The molecule has 4 aromatic carbocycles. The van der Waals surface area contributed by atoms with Crippen molar-refractivity contribution in [1.29, 1.82) is 0 Å². The van der Waals surface area contributed by atoms with E-state index in [0.717, 1.165) is 10.5 Å². The number of anilines is 1. The summed E-state index contributed by atoms with van der Waals surface area (Å²) in [4.78, 5) is 50.0. The number of urea groups is 1. The smallest absolute Gasteiger partial charge is 0.335 e. The van der Waals surface area contributed by atoms with Gasteiger partial charge in [0.15, 0.2) is 0 Å². The number of imide groups is 2. The predicted octanol–water partition coefficient (Wildman–Crippen LogP) is 6.07. The van der Waals surface area contributed by atoms with Crippen LogP contribution in [0.2, 0.25) is 5.02 Å². The summed E-state index contributed by atoms with van der Waals surface area (Å²) in [6.45, 7) is 0.391. The molecule has 1 fully saturated rings. The number of rotatable bonds is 9. The number of non-ortho nitro benzene ring substituents is 1. The number of ether oxygens (including phenoxy) is 2. The van der Waals surface area contributed by atoms with E-state index in [9.17, 15) is 24.5 Å². The summed E-state index contributed by atoms with van der Waals surface area (Å²) in [5.74, 6) is -0.753. The van der Waals surface area contributed by atoms with E-state index in [1.165, 1.54) is 18.2 Å². The molecule has 0 atom stereocenters. The predicted molar refractivity (Wildman–Crippen MR) is 155 cm³/mol. The Balaban J connectivity index is 1.31. The molecule has 1 heterocycles. The Bertz CT molecular complexity index is 1690. The summed E-state index contributed by atoms with van der Waals surface area (Å²) in [7, 11) is 0. The lowest BCUT2D eigenvalue weighted by atomic mass is 10.1. The van der Waals surface area contributed by atoms with Gasteiger partial charge in [-0.1, -0.05) is 41.9 Å². The Kier molecular flexibility index (Phi) is 8.26. The van der Waals surface area contributed by atoms with E-state index in [-0.39, 0.29) is 23.6 Å². The quantitative estimate of drug-likeness (QED) is 0.110. The largest absolute Gasteiger partial charge is 0.489 e. The van der Waals surface area contributed by atoms with Crippen LogP contribution >= 0.6 is 11.6 Å². The third kappa shape index (κ3) is 6.45. The molecule has 0 radical (unpaired) electrons. The first-order chi connectivity index (χ1) is 20.3. The minimum atomic E-state index is -0.875. The van der Waals surface area contributed by atoms with Gasteiger partial charge in [-0.25, -0.2) is 9.69 Å². The van der Waals surface area contributed by atoms with E-state index in [1.54, 1.807) is 72.8 Å². The summed E-state index contributed by atoms with van der Waals surface area (Å²) in [6.07, 6.45) is 1.35. The molecule has 210 valence electrons. The van der Waals surface area contributed by atoms with Crippen LogP contribution in [0, 0.1) is 10.1 Å². The zero-order chi connectivity index (χ0) is 29.6. The highest BCUT2D eigenvalue weighted by atomic mass is 35.5. The van der Waals surface area contributed by atoms with Crippen molar-refractivity contribution in [3.63, 3.8) is 0 Å². The third-order valence-corrected chi connectivity index (χ3v) is 6.53. The molecule has 5 rings (SSSR count). The van der Waals surface area contributed by atoms with Crippen LogP contribution in [0.5, 0.6) is 11.5 Å². The van der Waals surface area contributed by atoms with Crippen molar-refractivity contribution in [2.24, 2.45) is 0 Å². The Hall–Kier alpha value is -5.48. The monoisotopic (exact) mass is 583 g/mol. The number of carbonyl (C=O) groups excluding carboxylic acids is 3. The van der Waals surface area contributed by atoms with Crippen LogP contribution in [0.25, 0.3) is 6.08 Å². The molecule has 42 heavy (non-hydrogen) atoms. The van der Waals surface area contributed by atoms with Crippen molar-refractivity contribution < 1.29 is 28.8 Å². The standard InChI is InChI=1S/C31H22ClN3O7/c32-23-9-5-20(6-10-23)18-41-26-15-13-24(14-16-26)34-30(37)27(29(36)33-31(34)38)17-22-3-1-2-4-28(22)42-19-21-7-11-25(12-8-21)35(39)40/h1-17H,18-19H2,(H,33,36,38)/b27-17+. The number of para-hydroxylation sites is 1. The number of hydrogen-bond donors (Lipinski definition) is 1. The van der Waals surface area contributed by atoms with Gasteiger partial charge in [0, 0.05) is 22.7 Å². The van der Waals surface area contributed by atoms with Crippen LogP contribution in [-0.4, -0.2) is 22.8 Å². The van der Waals surface area contributed by atoms with Gasteiger partial charge in [0.25, 0.3) is 17.5 Å². The molecule has 0 saturated carbocycles. The van der Waals surface area contributed by atoms with Crippen LogP contribution in [0.1, 0.15) is 16.7 Å². The number of benzene rings is 4. The molecule has 4 aromatic rings. The van der Waals surface area contributed by atoms with E-state index < -0.39 is 22.8 Å². The van der Waals surface area contributed by atoms with Gasteiger partial charge >= 0.3 is 6.03 Å². The molecule has 0 aliphatic carbocycles. The van der Waals surface area contributed by atoms with Crippen LogP contribution in [0.3, 0.4) is 0 Å². The molecular formula is C31H22ClN3O7. The SMILES string of the molecule is O=C1NC(=O)N(c2ccc(OCc3ccc(Cl)cc3)cc2)C(=O)/C1=C/c1ccccc1OCc1ccc([N+](=O)[O-])cc1. The first-order valence-electron chi connectivity index (χ1n) is 12.6. The van der Waals surface area contributed by atoms with Gasteiger partial charge in [0.2, 0.25) is 0 Å². The second kappa shape index (κ2) is 12.4. The Labute approximate surface area is 244 Å². The molecule has 1 N–H and O–H groups in total. The molecule has 1 aliphatic heterocycles. The van der Waals surface area contributed by atoms with Gasteiger partial charge < -0.3 is 9.47 Å². The number of hydrogen-bond acceptors (Lipinski definition) is 7. The normalized spacial score (nSPS) is 14.1. The maximum Gasteiger partial charge on any atom is 0.335 e. The first-order valence-corrected chi connectivity index (χ1v) is 13.0. The lowest BCUT2D eigenvalue weighted by Gasteiger charge is -2.26. The molecule has 0 unspecified atom stereocenters. The Morgan fingerprint density at radius 1 is 0.810 bits per heavy atom. The van der Waals surface area contributed by atoms with Crippen LogP contribution in [0.15, 0.2) is 103 Å². The third-order valence-electron chi connectivity index (χ3n) is 6.28. The fourth-order valence-corrected chi connectivity index (χ4v) is 4.22. The number of amides is 4. The highest BCUT2D eigenvalue weighted by Crippen LogP contribution is 2.27. The molecule has 4 amide bonds. The number of barbiturate groups is 1. The highest BCUT2D eigenvalue weighted by molar-refractivity contribution is 6.39. The molecular weight excluding hydrogens is 562 g/mol. The lowest BCUT2D eigenvalue weighted by Crippen LogP contribution is -2.54. The average Bonchev–Trinajstić information content (AvgIpc) is 2.99. The fourth-order valence-electron chi connectivity index (χ4n) is 4.09. The number of nitrogens with one attached hydrogen (secondary N) is 1. The molecule has 0 spiro atoms. The van der Waals surface area contributed by atoms with Crippen LogP contribution < -0.4 is 19.7 Å². The minimum absolute atomic E-state index is 0.0371. The molecule has 11 heteroatoms. The molecule has 10 nitrogen and oxygen atoms in total. The second-order valence-corrected chi connectivity index (χ2v) is 9.55. The lowest BCUT2D eigenvalue weighted by molar-refractivity contribution is -0.384. The summed E-state index contributed by atoms with van der Waals surface area (Å²) in [5, 5.41) is 13.7. The van der Waals surface area contributed by atoms with Gasteiger partial charge in [0.1, 0.15) is 30.3 Å². The highest BCUT2D eigenvalue weighted by Gasteiger charge is 2.37. The van der Waals surface area contributed by atoms with Crippen molar-refractivity contribution >= 4 is 46.9 Å². The van der Waals surface area contributed by atoms with E-state index in [2.05, 4.69) is 5.32 Å². The maximum absolute atomic E-state index is 13.4. The maximum atomic E-state index is 13.4. The number of halogens is 1. The van der Waals surface area contributed by atoms with Gasteiger partial charge in [0.05, 0.1) is 10.6 Å². The van der Waals surface area contributed by atoms with E-state index in [1.807, 2.05) is 12.1 Å². The zero-order valence-electron chi connectivity index (χ0n) is 21.9. The van der Waals surface area contributed by atoms with Gasteiger partial charge in [-0.3, -0.25) is 25.0 Å². The first kappa shape index (κ1) is 28.1. The molecule has 1 aliphatic rings. The minimum Gasteiger partial charge on any atom is -0.489 e. The number of nitro groups is 1. The molecule has 1 saturated heterocycles. The van der Waals surface area contributed by atoms with Crippen LogP contribution in [0.4, 0.5) is 16.2 Å². The van der Waals surface area contributed by atoms with Crippen molar-refractivity contribution in [3.8, 4) is 11.5 Å². The topological polar surface area (TPSA) is 128 Å². The average molecular weight is 584 g/mol. The summed E-state index contributed by atoms with van der Waals surface area (Å²) in [6, 6.07) is 25.3. The van der Waals surface area contributed by atoms with Crippen molar-refractivity contribution in [2.45, 2.75) is 13.2 Å². The number of carbonyl (C=O) groups is 3. The Morgan fingerprint density at radius 3 is 2.10 bits per heavy atom. The molecule has 0 aromatic heterocycles. The van der Waals surface area contributed by atoms with E-state index >= 15 is 0 Å². The zero-order valence-corrected chi connectivity index (χ0v) is 22.6. The fraction of sp³-hybridized carbons (Fsp3) is 0.0645. The van der Waals surface area contributed by atoms with Gasteiger partial charge in [-0.2, -0.15) is 0 Å².